The summed E-state index contributed by atoms with van der Waals surface area (Å²) >= 11 is 1.04. The highest BCUT2D eigenvalue weighted by atomic mass is 32.2. The van der Waals surface area contributed by atoms with Gasteiger partial charge in [-0.1, -0.05) is 25.6 Å². The van der Waals surface area contributed by atoms with Gasteiger partial charge in [0, 0.05) is 11.1 Å². The van der Waals surface area contributed by atoms with Gasteiger partial charge in [-0.25, -0.2) is 4.79 Å². The summed E-state index contributed by atoms with van der Waals surface area (Å²) in [5, 5.41) is 21.1. The molecule has 2 rings (SSSR count). The highest BCUT2D eigenvalue weighted by Crippen LogP contribution is 2.43. The van der Waals surface area contributed by atoms with E-state index in [0.717, 1.165) is 11.8 Å². The van der Waals surface area contributed by atoms with Crippen LogP contribution in [0.3, 0.4) is 0 Å². The Morgan fingerprint density at radius 1 is 1.28 bits per heavy atom. The second kappa shape index (κ2) is 8.14. The first-order chi connectivity index (χ1) is 13.5. The molecule has 0 radical (unpaired) electrons. The fourth-order valence-electron chi connectivity index (χ4n) is 3.35. The van der Waals surface area contributed by atoms with Crippen molar-refractivity contribution in [2.75, 3.05) is 7.11 Å². The van der Waals surface area contributed by atoms with E-state index in [2.05, 4.69) is 16.4 Å². The van der Waals surface area contributed by atoms with Crippen LogP contribution in [0.4, 0.5) is 0 Å². The molecule has 0 saturated heterocycles. The van der Waals surface area contributed by atoms with Crippen molar-refractivity contribution in [1.82, 2.24) is 10.3 Å². The number of H-pyrrole nitrogens is 1. The smallest absolute Gasteiger partial charge is 0.339 e. The molecule has 0 unspecified atom stereocenters. The molecule has 0 fully saturated rings. The van der Waals surface area contributed by atoms with Gasteiger partial charge in [0.15, 0.2) is 5.78 Å². The van der Waals surface area contributed by atoms with Crippen molar-refractivity contribution in [2.24, 2.45) is 11.3 Å². The van der Waals surface area contributed by atoms with Crippen LogP contribution in [0.2, 0.25) is 0 Å². The second-order valence-electron chi connectivity index (χ2n) is 7.33. The molecule has 1 aromatic rings. The standard InChI is InChI=1S/C20H22N4O4S/c1-9-14(19(27)28-6)10(2)23-15(9)16(25)11(3)29-18-13(8-22)20(4,5)12(7-21)17(26)24-18/h11-12,23H,1-6H3,(H,24,26)/t11-,12+/m0/s1. The van der Waals surface area contributed by atoms with E-state index in [-0.39, 0.29) is 22.1 Å². The number of methoxy groups -OCH3 is 1. The van der Waals surface area contributed by atoms with E-state index in [1.54, 1.807) is 34.6 Å². The number of hydrogen-bond donors (Lipinski definition) is 2. The van der Waals surface area contributed by atoms with Crippen LogP contribution < -0.4 is 5.32 Å². The number of carbonyl (C=O) groups excluding carboxylic acids is 3. The van der Waals surface area contributed by atoms with Gasteiger partial charge in [0.1, 0.15) is 5.92 Å². The maximum atomic E-state index is 13.0. The molecule has 2 heterocycles. The number of allylic oxidation sites excluding steroid dienone is 1. The molecular weight excluding hydrogens is 392 g/mol. The third-order valence-corrected chi connectivity index (χ3v) is 6.18. The van der Waals surface area contributed by atoms with Gasteiger partial charge in [-0.15, -0.1) is 0 Å². The lowest BCUT2D eigenvalue weighted by Gasteiger charge is -2.35. The fourth-order valence-corrected chi connectivity index (χ4v) is 4.52. The summed E-state index contributed by atoms with van der Waals surface area (Å²) in [6.45, 7) is 8.30. The molecule has 152 valence electrons. The Morgan fingerprint density at radius 2 is 1.90 bits per heavy atom. The predicted octanol–water partition coefficient (Wildman–Crippen LogP) is 2.75. The van der Waals surface area contributed by atoms with Crippen molar-refractivity contribution >= 4 is 29.4 Å². The molecule has 0 aromatic carbocycles. The summed E-state index contributed by atoms with van der Waals surface area (Å²) in [6.07, 6.45) is 0. The number of rotatable bonds is 5. The molecule has 0 saturated carbocycles. The zero-order valence-corrected chi connectivity index (χ0v) is 17.9. The number of ether oxygens (including phenoxy) is 1. The van der Waals surface area contributed by atoms with Crippen molar-refractivity contribution in [1.29, 1.82) is 10.5 Å². The lowest BCUT2D eigenvalue weighted by atomic mass is 9.72. The predicted molar refractivity (Wildman–Crippen MR) is 107 cm³/mol. The average Bonchev–Trinajstić information content (AvgIpc) is 2.94. The number of nitrogens with one attached hydrogen (secondary N) is 2. The molecule has 9 heteroatoms. The number of aromatic amines is 1. The van der Waals surface area contributed by atoms with Crippen LogP contribution in [0.1, 0.15) is 52.9 Å². The number of carbonyl (C=O) groups is 3. The number of ketones is 1. The average molecular weight is 414 g/mol. The zero-order chi connectivity index (χ0) is 22.1. The molecule has 2 N–H and O–H groups in total. The Hall–Kier alpha value is -3.04. The summed E-state index contributed by atoms with van der Waals surface area (Å²) in [4.78, 5) is 40.2. The molecule has 1 aliphatic heterocycles. The summed E-state index contributed by atoms with van der Waals surface area (Å²) in [7, 11) is 1.27. The number of amides is 1. The number of aryl methyl sites for hydroxylation is 1. The van der Waals surface area contributed by atoms with Crippen molar-refractivity contribution in [3.05, 3.63) is 33.1 Å². The lowest BCUT2D eigenvalue weighted by molar-refractivity contribution is -0.125. The molecule has 2 atom stereocenters. The van der Waals surface area contributed by atoms with Crippen LogP contribution in [0.5, 0.6) is 0 Å². The van der Waals surface area contributed by atoms with E-state index in [4.69, 9.17) is 4.74 Å². The van der Waals surface area contributed by atoms with Crippen molar-refractivity contribution in [3.63, 3.8) is 0 Å². The first-order valence-corrected chi connectivity index (χ1v) is 9.72. The van der Waals surface area contributed by atoms with Gasteiger partial charge in [-0.2, -0.15) is 10.5 Å². The Balaban J connectivity index is 2.39. The molecular formula is C20H22N4O4S. The highest BCUT2D eigenvalue weighted by Gasteiger charge is 2.45. The zero-order valence-electron chi connectivity index (χ0n) is 17.1. The van der Waals surface area contributed by atoms with Crippen LogP contribution in [0.15, 0.2) is 10.6 Å². The van der Waals surface area contributed by atoms with Crippen molar-refractivity contribution < 1.29 is 19.1 Å². The maximum Gasteiger partial charge on any atom is 0.339 e. The van der Waals surface area contributed by atoms with Gasteiger partial charge in [-0.05, 0) is 26.3 Å². The van der Waals surface area contributed by atoms with E-state index in [0.29, 0.717) is 16.8 Å². The summed E-state index contributed by atoms with van der Waals surface area (Å²) < 4.78 is 4.76. The van der Waals surface area contributed by atoms with Crippen LogP contribution in [-0.4, -0.2) is 35.0 Å². The minimum Gasteiger partial charge on any atom is -0.465 e. The number of aromatic nitrogens is 1. The van der Waals surface area contributed by atoms with Crippen molar-refractivity contribution in [2.45, 2.75) is 39.9 Å². The van der Waals surface area contributed by atoms with E-state index < -0.39 is 28.5 Å². The number of hydrogen-bond acceptors (Lipinski definition) is 7. The van der Waals surface area contributed by atoms with E-state index >= 15 is 0 Å². The van der Waals surface area contributed by atoms with Gasteiger partial charge in [0.25, 0.3) is 0 Å². The minimum atomic E-state index is -0.997. The normalized spacial score (nSPS) is 19.0. The SMILES string of the molecule is COC(=O)c1c(C)[nH]c(C(=O)[C@H](C)SC2=C(C#N)C(C)(C)[C@H](C#N)C(=O)N2)c1C. The Bertz CT molecular complexity index is 1010. The van der Waals surface area contributed by atoms with Gasteiger partial charge in [0.2, 0.25) is 5.91 Å². The summed E-state index contributed by atoms with van der Waals surface area (Å²) in [5.41, 5.74) is 0.873. The number of Topliss-reactive ketones (excluding diaryl/α,β-unsaturated/α-hetero) is 1. The Morgan fingerprint density at radius 3 is 2.41 bits per heavy atom. The van der Waals surface area contributed by atoms with E-state index in [9.17, 15) is 24.9 Å². The number of thioether (sulfide) groups is 1. The first kappa shape index (κ1) is 22.3. The van der Waals surface area contributed by atoms with Gasteiger partial charge in [0.05, 0.1) is 46.4 Å². The lowest BCUT2D eigenvalue weighted by Crippen LogP contribution is -2.45. The molecule has 0 spiro atoms. The summed E-state index contributed by atoms with van der Waals surface area (Å²) in [6, 6.07) is 4.01. The molecule has 0 bridgehead atoms. The topological polar surface area (TPSA) is 136 Å². The van der Waals surface area contributed by atoms with Crippen LogP contribution in [0, 0.1) is 47.8 Å². The Kier molecular flexibility index (Phi) is 6.24. The Labute approximate surface area is 173 Å². The molecule has 1 amide bonds. The molecule has 29 heavy (non-hydrogen) atoms. The third kappa shape index (κ3) is 3.79. The van der Waals surface area contributed by atoms with E-state index in [1.165, 1.54) is 7.11 Å². The highest BCUT2D eigenvalue weighted by molar-refractivity contribution is 8.04. The van der Waals surface area contributed by atoms with Crippen molar-refractivity contribution in [3.8, 4) is 12.1 Å². The number of nitriles is 2. The summed E-state index contributed by atoms with van der Waals surface area (Å²) in [5.74, 6) is -2.32. The molecule has 1 aliphatic rings. The third-order valence-electron chi connectivity index (χ3n) is 5.07. The quantitative estimate of drug-likeness (QED) is 0.558. The number of nitrogens with zero attached hydrogens (tertiary/aromatic N) is 2. The largest absolute Gasteiger partial charge is 0.465 e. The molecule has 0 aliphatic carbocycles. The van der Waals surface area contributed by atoms with Gasteiger partial charge < -0.3 is 15.0 Å². The molecule has 1 aromatic heterocycles. The second-order valence-corrected chi connectivity index (χ2v) is 8.68. The maximum absolute atomic E-state index is 13.0. The minimum absolute atomic E-state index is 0.253. The van der Waals surface area contributed by atoms with Crippen LogP contribution in [-0.2, 0) is 9.53 Å². The van der Waals surface area contributed by atoms with Gasteiger partial charge >= 0.3 is 5.97 Å². The first-order valence-electron chi connectivity index (χ1n) is 8.84. The van der Waals surface area contributed by atoms with E-state index in [1.807, 2.05) is 6.07 Å². The van der Waals surface area contributed by atoms with Crippen LogP contribution in [0.25, 0.3) is 0 Å². The van der Waals surface area contributed by atoms with Crippen LogP contribution >= 0.6 is 11.8 Å². The number of esters is 1. The monoisotopic (exact) mass is 414 g/mol. The fraction of sp³-hybridized carbons (Fsp3) is 0.450. The van der Waals surface area contributed by atoms with Gasteiger partial charge in [-0.3, -0.25) is 9.59 Å². The molecule has 8 nitrogen and oxygen atoms in total.